The first-order valence-electron chi connectivity index (χ1n) is 8.20. The largest absolute Gasteiger partial charge is 0.489 e. The third-order valence-corrected chi connectivity index (χ3v) is 5.60. The van der Waals surface area contributed by atoms with Crippen LogP contribution >= 0.6 is 0 Å². The standard InChI is InChI=1S/C19H28O2/c1-6-18(4,5)14-9-11-15(12-10-14)21-17-13-16(20)19(17,7-2)8-3/h9-12,17H,6-8,13H2,1-5H3. The molecule has 2 rings (SSSR count). The molecule has 1 aromatic rings. The van der Waals surface area contributed by atoms with Crippen molar-refractivity contribution < 1.29 is 9.53 Å². The highest BCUT2D eigenvalue weighted by Crippen LogP contribution is 2.45. The highest BCUT2D eigenvalue weighted by Gasteiger charge is 2.53. The first-order chi connectivity index (χ1) is 9.89. The molecule has 0 aliphatic heterocycles. The van der Waals surface area contributed by atoms with E-state index in [1.165, 1.54) is 5.56 Å². The fourth-order valence-electron chi connectivity index (χ4n) is 3.22. The average molecular weight is 288 g/mol. The lowest BCUT2D eigenvalue weighted by Crippen LogP contribution is -2.56. The molecule has 1 aliphatic carbocycles. The van der Waals surface area contributed by atoms with E-state index in [9.17, 15) is 4.79 Å². The van der Waals surface area contributed by atoms with Crippen molar-refractivity contribution in [3.05, 3.63) is 29.8 Å². The van der Waals surface area contributed by atoms with Crippen molar-refractivity contribution in [3.63, 3.8) is 0 Å². The average Bonchev–Trinajstić information content (AvgIpc) is 2.49. The zero-order valence-corrected chi connectivity index (χ0v) is 14.0. The van der Waals surface area contributed by atoms with E-state index in [4.69, 9.17) is 4.74 Å². The number of carbonyl (C=O) groups is 1. The second-order valence-electron chi connectivity index (χ2n) is 6.86. The van der Waals surface area contributed by atoms with E-state index in [2.05, 4.69) is 46.8 Å². The monoisotopic (exact) mass is 288 g/mol. The smallest absolute Gasteiger partial charge is 0.146 e. The Balaban J connectivity index is 2.10. The van der Waals surface area contributed by atoms with Crippen molar-refractivity contribution in [2.45, 2.75) is 71.8 Å². The first-order valence-corrected chi connectivity index (χ1v) is 8.20. The molecule has 116 valence electrons. The van der Waals surface area contributed by atoms with Crippen LogP contribution in [0.5, 0.6) is 5.75 Å². The Morgan fingerprint density at radius 2 is 1.71 bits per heavy atom. The van der Waals surface area contributed by atoms with Gasteiger partial charge in [-0.2, -0.15) is 0 Å². The van der Waals surface area contributed by atoms with E-state index in [0.717, 1.165) is 25.0 Å². The van der Waals surface area contributed by atoms with Crippen LogP contribution in [0.4, 0.5) is 0 Å². The van der Waals surface area contributed by atoms with Crippen molar-refractivity contribution in [1.82, 2.24) is 0 Å². The van der Waals surface area contributed by atoms with Gasteiger partial charge >= 0.3 is 0 Å². The van der Waals surface area contributed by atoms with Gasteiger partial charge in [0.1, 0.15) is 17.6 Å². The van der Waals surface area contributed by atoms with Crippen molar-refractivity contribution in [2.24, 2.45) is 5.41 Å². The van der Waals surface area contributed by atoms with Crippen LogP contribution in [0.25, 0.3) is 0 Å². The Bertz CT molecular complexity index is 495. The molecule has 0 N–H and O–H groups in total. The molecule has 0 radical (unpaired) electrons. The minimum Gasteiger partial charge on any atom is -0.489 e. The first kappa shape index (κ1) is 16.1. The molecule has 0 heterocycles. The van der Waals surface area contributed by atoms with Crippen molar-refractivity contribution >= 4 is 5.78 Å². The van der Waals surface area contributed by atoms with Gasteiger partial charge < -0.3 is 4.74 Å². The van der Waals surface area contributed by atoms with E-state index in [1.54, 1.807) is 0 Å². The molecule has 0 bridgehead atoms. The van der Waals surface area contributed by atoms with Crippen molar-refractivity contribution in [3.8, 4) is 5.75 Å². The third kappa shape index (κ3) is 2.73. The maximum absolute atomic E-state index is 12.0. The van der Waals surface area contributed by atoms with Crippen LogP contribution in [0.2, 0.25) is 0 Å². The summed E-state index contributed by atoms with van der Waals surface area (Å²) in [5.41, 5.74) is 1.28. The molecule has 1 aliphatic rings. The molecule has 1 saturated carbocycles. The maximum Gasteiger partial charge on any atom is 0.146 e. The second-order valence-corrected chi connectivity index (χ2v) is 6.86. The number of Topliss-reactive ketones (excluding diaryl/α,β-unsaturated/α-hetero) is 1. The molecule has 1 fully saturated rings. The van der Waals surface area contributed by atoms with Crippen LogP contribution in [0.3, 0.4) is 0 Å². The SMILES string of the molecule is CCC(C)(C)c1ccc(OC2CC(=O)C2(CC)CC)cc1. The highest BCUT2D eigenvalue weighted by atomic mass is 16.5. The molecular formula is C19H28O2. The topological polar surface area (TPSA) is 26.3 Å². The second kappa shape index (κ2) is 5.82. The van der Waals surface area contributed by atoms with Gasteiger partial charge in [0, 0.05) is 6.42 Å². The van der Waals surface area contributed by atoms with Crippen LogP contribution in [0.15, 0.2) is 24.3 Å². The zero-order chi connectivity index (χ0) is 15.7. The molecule has 21 heavy (non-hydrogen) atoms. The molecule has 2 nitrogen and oxygen atoms in total. The number of rotatable bonds is 6. The molecule has 0 amide bonds. The Morgan fingerprint density at radius 1 is 1.14 bits per heavy atom. The number of hydrogen-bond acceptors (Lipinski definition) is 2. The summed E-state index contributed by atoms with van der Waals surface area (Å²) in [6.45, 7) is 10.9. The quantitative estimate of drug-likeness (QED) is 0.744. The lowest BCUT2D eigenvalue weighted by atomic mass is 9.61. The van der Waals surface area contributed by atoms with Crippen molar-refractivity contribution in [2.75, 3.05) is 0 Å². The Kier molecular flexibility index (Phi) is 4.46. The highest BCUT2D eigenvalue weighted by molar-refractivity contribution is 5.92. The van der Waals surface area contributed by atoms with Gasteiger partial charge in [-0.1, -0.05) is 46.8 Å². The third-order valence-electron chi connectivity index (χ3n) is 5.60. The fraction of sp³-hybridized carbons (Fsp3) is 0.632. The maximum atomic E-state index is 12.0. The van der Waals surface area contributed by atoms with Gasteiger partial charge in [0.15, 0.2) is 0 Å². The Labute approximate surface area is 128 Å². The summed E-state index contributed by atoms with van der Waals surface area (Å²) in [4.78, 5) is 12.0. The van der Waals surface area contributed by atoms with Crippen LogP contribution in [-0.2, 0) is 10.2 Å². The van der Waals surface area contributed by atoms with Crippen LogP contribution in [-0.4, -0.2) is 11.9 Å². The summed E-state index contributed by atoms with van der Waals surface area (Å²) in [5.74, 6) is 1.25. The van der Waals surface area contributed by atoms with E-state index >= 15 is 0 Å². The molecule has 0 spiro atoms. The summed E-state index contributed by atoms with van der Waals surface area (Å²) in [6.07, 6.45) is 3.45. The van der Waals surface area contributed by atoms with E-state index < -0.39 is 0 Å². The van der Waals surface area contributed by atoms with Gasteiger partial charge in [-0.05, 0) is 42.4 Å². The number of carbonyl (C=O) groups excluding carboxylic acids is 1. The van der Waals surface area contributed by atoms with Crippen LogP contribution in [0, 0.1) is 5.41 Å². The van der Waals surface area contributed by atoms with Crippen molar-refractivity contribution in [1.29, 1.82) is 0 Å². The summed E-state index contributed by atoms with van der Waals surface area (Å²) < 4.78 is 6.10. The minimum absolute atomic E-state index is 0.0463. The summed E-state index contributed by atoms with van der Waals surface area (Å²) >= 11 is 0. The normalized spacial score (nSPS) is 21.0. The Hall–Kier alpha value is -1.31. The number of hydrogen-bond donors (Lipinski definition) is 0. The summed E-state index contributed by atoms with van der Waals surface area (Å²) in [5, 5.41) is 0. The number of ether oxygens (including phenoxy) is 1. The number of ketones is 1. The van der Waals surface area contributed by atoms with Gasteiger partial charge in [-0.15, -0.1) is 0 Å². The summed E-state index contributed by atoms with van der Waals surface area (Å²) in [7, 11) is 0. The molecule has 2 heteroatoms. The lowest BCUT2D eigenvalue weighted by Gasteiger charge is -2.46. The van der Waals surface area contributed by atoms with Crippen LogP contribution < -0.4 is 4.74 Å². The predicted octanol–water partition coefficient (Wildman–Crippen LogP) is 4.90. The predicted molar refractivity (Wildman–Crippen MR) is 86.8 cm³/mol. The molecule has 0 aromatic heterocycles. The zero-order valence-electron chi connectivity index (χ0n) is 14.0. The molecule has 1 unspecified atom stereocenters. The van der Waals surface area contributed by atoms with Crippen LogP contribution in [0.1, 0.15) is 65.9 Å². The van der Waals surface area contributed by atoms with Gasteiger partial charge in [0.2, 0.25) is 0 Å². The summed E-state index contributed by atoms with van der Waals surface area (Å²) in [6, 6.07) is 8.40. The van der Waals surface area contributed by atoms with Gasteiger partial charge in [-0.25, -0.2) is 0 Å². The van der Waals surface area contributed by atoms with Gasteiger partial charge in [0.25, 0.3) is 0 Å². The molecular weight excluding hydrogens is 260 g/mol. The van der Waals surface area contributed by atoms with E-state index in [-0.39, 0.29) is 16.9 Å². The van der Waals surface area contributed by atoms with E-state index in [0.29, 0.717) is 12.2 Å². The minimum atomic E-state index is -0.249. The van der Waals surface area contributed by atoms with E-state index in [1.807, 2.05) is 12.1 Å². The van der Waals surface area contributed by atoms with Gasteiger partial charge in [0.05, 0.1) is 5.41 Å². The fourth-order valence-corrected chi connectivity index (χ4v) is 3.22. The molecule has 1 aromatic carbocycles. The molecule has 1 atom stereocenters. The lowest BCUT2D eigenvalue weighted by molar-refractivity contribution is -0.153. The Morgan fingerprint density at radius 3 is 2.14 bits per heavy atom. The molecule has 0 saturated heterocycles. The number of benzene rings is 1. The van der Waals surface area contributed by atoms with Gasteiger partial charge in [-0.3, -0.25) is 4.79 Å².